The number of benzene rings is 2. The van der Waals surface area contributed by atoms with Crippen molar-refractivity contribution in [3.05, 3.63) is 59.9 Å². The van der Waals surface area contributed by atoms with Crippen LogP contribution in [-0.4, -0.2) is 17.9 Å². The van der Waals surface area contributed by atoms with Gasteiger partial charge in [0.1, 0.15) is 11.6 Å². The molecule has 22 heavy (non-hydrogen) atoms. The van der Waals surface area contributed by atoms with Crippen molar-refractivity contribution in [1.29, 1.82) is 0 Å². The normalized spacial score (nSPS) is 11.5. The lowest BCUT2D eigenvalue weighted by Gasteiger charge is -2.14. The van der Waals surface area contributed by atoms with Gasteiger partial charge in [0.2, 0.25) is 5.91 Å². The van der Waals surface area contributed by atoms with Crippen molar-refractivity contribution >= 4 is 17.5 Å². The topological polar surface area (TPSA) is 81.4 Å². The van der Waals surface area contributed by atoms with E-state index in [9.17, 15) is 14.0 Å². The van der Waals surface area contributed by atoms with Crippen LogP contribution in [0.25, 0.3) is 0 Å². The highest BCUT2D eigenvalue weighted by Gasteiger charge is 2.15. The zero-order chi connectivity index (χ0) is 16.1. The minimum Gasteiger partial charge on any atom is -0.481 e. The van der Waals surface area contributed by atoms with Gasteiger partial charge in [0, 0.05) is 17.3 Å². The molecular formula is C16H15FN2O3. The number of nitrogens with one attached hydrogen (secondary N) is 1. The largest absolute Gasteiger partial charge is 0.481 e. The molecule has 0 radical (unpaired) electrons. The third kappa shape index (κ3) is 4.05. The number of ether oxygens (including phenoxy) is 1. The number of nitrogens with two attached hydrogens (primary N) is 1. The second kappa shape index (κ2) is 6.71. The first-order valence-corrected chi connectivity index (χ1v) is 6.58. The monoisotopic (exact) mass is 302 g/mol. The Morgan fingerprint density at radius 2 is 1.86 bits per heavy atom. The van der Waals surface area contributed by atoms with Gasteiger partial charge in [-0.1, -0.05) is 6.07 Å². The van der Waals surface area contributed by atoms with Crippen LogP contribution in [0.3, 0.4) is 0 Å². The number of amides is 2. The molecule has 6 heteroatoms. The number of primary amides is 1. The number of rotatable bonds is 5. The fourth-order valence-corrected chi connectivity index (χ4v) is 1.76. The molecular weight excluding hydrogens is 287 g/mol. The maximum Gasteiger partial charge on any atom is 0.265 e. The summed E-state index contributed by atoms with van der Waals surface area (Å²) in [7, 11) is 0. The van der Waals surface area contributed by atoms with Gasteiger partial charge >= 0.3 is 0 Å². The molecule has 0 bridgehead atoms. The third-order valence-corrected chi connectivity index (χ3v) is 2.92. The summed E-state index contributed by atoms with van der Waals surface area (Å²) in [6.07, 6.45) is -0.808. The molecule has 2 amide bonds. The van der Waals surface area contributed by atoms with Crippen LogP contribution in [0.4, 0.5) is 10.1 Å². The van der Waals surface area contributed by atoms with Crippen LogP contribution in [0.2, 0.25) is 0 Å². The molecule has 0 aromatic heterocycles. The van der Waals surface area contributed by atoms with Gasteiger partial charge in [-0.2, -0.15) is 0 Å². The zero-order valence-corrected chi connectivity index (χ0v) is 11.9. The predicted octanol–water partition coefficient (Wildman–Crippen LogP) is 2.33. The molecule has 2 aromatic rings. The molecule has 0 aliphatic heterocycles. The number of hydrogen-bond acceptors (Lipinski definition) is 3. The Morgan fingerprint density at radius 1 is 1.18 bits per heavy atom. The zero-order valence-electron chi connectivity index (χ0n) is 11.9. The SMILES string of the molecule is C[C@H](Oc1cccc(F)c1)C(=O)Nc1ccc(C(N)=O)cc1. The van der Waals surface area contributed by atoms with E-state index in [-0.39, 0.29) is 5.75 Å². The van der Waals surface area contributed by atoms with Crippen molar-refractivity contribution in [1.82, 2.24) is 0 Å². The number of carbonyl (C=O) groups excluding carboxylic acids is 2. The highest BCUT2D eigenvalue weighted by atomic mass is 19.1. The Labute approximate surface area is 126 Å². The molecule has 0 saturated carbocycles. The van der Waals surface area contributed by atoms with Gasteiger partial charge in [0.05, 0.1) is 0 Å². The van der Waals surface area contributed by atoms with Gasteiger partial charge in [-0.15, -0.1) is 0 Å². The van der Waals surface area contributed by atoms with Gasteiger partial charge in [0.15, 0.2) is 6.10 Å². The standard InChI is InChI=1S/C16H15FN2O3/c1-10(22-14-4-2-3-12(17)9-14)16(21)19-13-7-5-11(6-8-13)15(18)20/h2-10H,1H3,(H2,18,20)(H,19,21)/t10-/m0/s1. The van der Waals surface area contributed by atoms with Crippen LogP contribution < -0.4 is 15.8 Å². The van der Waals surface area contributed by atoms with Gasteiger partial charge in [0.25, 0.3) is 5.91 Å². The molecule has 114 valence electrons. The minimum atomic E-state index is -0.808. The van der Waals surface area contributed by atoms with E-state index in [1.165, 1.54) is 30.3 Å². The average Bonchev–Trinajstić information content (AvgIpc) is 2.47. The van der Waals surface area contributed by atoms with Crippen LogP contribution in [0, 0.1) is 5.82 Å². The lowest BCUT2D eigenvalue weighted by Crippen LogP contribution is -2.30. The maximum atomic E-state index is 13.1. The van der Waals surface area contributed by atoms with E-state index in [1.54, 1.807) is 25.1 Å². The van der Waals surface area contributed by atoms with E-state index >= 15 is 0 Å². The Hall–Kier alpha value is -2.89. The second-order valence-electron chi connectivity index (χ2n) is 4.65. The number of anilines is 1. The molecule has 0 heterocycles. The highest BCUT2D eigenvalue weighted by Crippen LogP contribution is 2.15. The molecule has 0 spiro atoms. The molecule has 0 aliphatic carbocycles. The van der Waals surface area contributed by atoms with E-state index in [4.69, 9.17) is 10.5 Å². The Morgan fingerprint density at radius 3 is 2.45 bits per heavy atom. The van der Waals surface area contributed by atoms with E-state index in [0.717, 1.165) is 0 Å². The fraction of sp³-hybridized carbons (Fsp3) is 0.125. The number of halogens is 1. The Bertz CT molecular complexity index is 686. The highest BCUT2D eigenvalue weighted by molar-refractivity contribution is 5.96. The summed E-state index contributed by atoms with van der Waals surface area (Å²) >= 11 is 0. The average molecular weight is 302 g/mol. The fourth-order valence-electron chi connectivity index (χ4n) is 1.76. The Kier molecular flexibility index (Phi) is 4.73. The van der Waals surface area contributed by atoms with Crippen molar-refractivity contribution in [2.45, 2.75) is 13.0 Å². The first-order chi connectivity index (χ1) is 10.5. The molecule has 3 N–H and O–H groups in total. The van der Waals surface area contributed by atoms with Gasteiger partial charge < -0.3 is 15.8 Å². The van der Waals surface area contributed by atoms with E-state index in [2.05, 4.69) is 5.32 Å². The molecule has 0 unspecified atom stereocenters. The van der Waals surface area contributed by atoms with E-state index < -0.39 is 23.7 Å². The van der Waals surface area contributed by atoms with Crippen molar-refractivity contribution in [3.63, 3.8) is 0 Å². The molecule has 1 atom stereocenters. The summed E-state index contributed by atoms with van der Waals surface area (Å²) in [5.74, 6) is -1.10. The summed E-state index contributed by atoms with van der Waals surface area (Å²) < 4.78 is 18.4. The summed E-state index contributed by atoms with van der Waals surface area (Å²) in [5.41, 5.74) is 5.99. The summed E-state index contributed by atoms with van der Waals surface area (Å²) in [6.45, 7) is 1.55. The summed E-state index contributed by atoms with van der Waals surface area (Å²) in [6, 6.07) is 11.7. The summed E-state index contributed by atoms with van der Waals surface area (Å²) in [4.78, 5) is 23.0. The lowest BCUT2D eigenvalue weighted by molar-refractivity contribution is -0.122. The third-order valence-electron chi connectivity index (χ3n) is 2.92. The Balaban J connectivity index is 1.97. The quantitative estimate of drug-likeness (QED) is 0.889. The van der Waals surface area contributed by atoms with Crippen LogP contribution in [0.1, 0.15) is 17.3 Å². The smallest absolute Gasteiger partial charge is 0.265 e. The molecule has 0 saturated heterocycles. The van der Waals surface area contributed by atoms with Gasteiger partial charge in [-0.05, 0) is 43.3 Å². The van der Waals surface area contributed by atoms with Crippen LogP contribution >= 0.6 is 0 Å². The number of carbonyl (C=O) groups is 2. The van der Waals surface area contributed by atoms with Crippen molar-refractivity contribution in [3.8, 4) is 5.75 Å². The summed E-state index contributed by atoms with van der Waals surface area (Å²) in [5, 5.41) is 2.63. The van der Waals surface area contributed by atoms with Crippen LogP contribution in [0.5, 0.6) is 5.75 Å². The van der Waals surface area contributed by atoms with Gasteiger partial charge in [-0.25, -0.2) is 4.39 Å². The van der Waals surface area contributed by atoms with Crippen molar-refractivity contribution < 1.29 is 18.7 Å². The van der Waals surface area contributed by atoms with E-state index in [0.29, 0.717) is 11.3 Å². The van der Waals surface area contributed by atoms with E-state index in [1.807, 2.05) is 0 Å². The molecule has 5 nitrogen and oxygen atoms in total. The van der Waals surface area contributed by atoms with Crippen LogP contribution in [0.15, 0.2) is 48.5 Å². The first-order valence-electron chi connectivity index (χ1n) is 6.58. The molecule has 2 rings (SSSR count). The molecule has 0 aliphatic rings. The first kappa shape index (κ1) is 15.5. The van der Waals surface area contributed by atoms with Crippen molar-refractivity contribution in [2.75, 3.05) is 5.32 Å². The second-order valence-corrected chi connectivity index (χ2v) is 4.65. The lowest BCUT2D eigenvalue weighted by atomic mass is 10.2. The minimum absolute atomic E-state index is 0.270. The number of hydrogen-bond donors (Lipinski definition) is 2. The molecule has 0 fully saturated rings. The van der Waals surface area contributed by atoms with Crippen LogP contribution in [-0.2, 0) is 4.79 Å². The predicted molar refractivity (Wildman–Crippen MR) is 80.1 cm³/mol. The van der Waals surface area contributed by atoms with Crippen molar-refractivity contribution in [2.24, 2.45) is 5.73 Å². The molecule has 2 aromatic carbocycles. The maximum absolute atomic E-state index is 13.1. The van der Waals surface area contributed by atoms with Gasteiger partial charge in [-0.3, -0.25) is 9.59 Å².